The number of carbonyl (C=O) groups is 1. The van der Waals surface area contributed by atoms with Crippen molar-refractivity contribution in [3.8, 4) is 11.5 Å². The number of H-pyrrole nitrogens is 1. The van der Waals surface area contributed by atoms with Crippen molar-refractivity contribution >= 4 is 11.6 Å². The molecule has 1 aliphatic rings. The maximum Gasteiger partial charge on any atom is 0.255 e. The standard InChI is InChI=1S/C13H13N3O3/c17-13(16-10-7-14-15-8-10)9-2-3-11-12(6-9)19-5-1-4-18-11/h2-3,6-8H,1,4-5H2,(H,14,15)(H,16,17). The second-order valence-electron chi connectivity index (χ2n) is 4.15. The number of aromatic amines is 1. The Balaban J connectivity index is 1.81. The number of rotatable bonds is 2. The number of amides is 1. The van der Waals surface area contributed by atoms with Crippen LogP contribution < -0.4 is 14.8 Å². The maximum absolute atomic E-state index is 12.0. The van der Waals surface area contributed by atoms with E-state index < -0.39 is 0 Å². The van der Waals surface area contributed by atoms with E-state index in [9.17, 15) is 4.79 Å². The molecule has 1 aromatic carbocycles. The van der Waals surface area contributed by atoms with Gasteiger partial charge >= 0.3 is 0 Å². The molecule has 0 radical (unpaired) electrons. The van der Waals surface area contributed by atoms with Crippen molar-refractivity contribution in [2.24, 2.45) is 0 Å². The molecule has 0 unspecified atom stereocenters. The lowest BCUT2D eigenvalue weighted by atomic mass is 10.2. The number of hydrogen-bond acceptors (Lipinski definition) is 4. The highest BCUT2D eigenvalue weighted by Gasteiger charge is 2.14. The minimum atomic E-state index is -0.211. The highest BCUT2D eigenvalue weighted by Crippen LogP contribution is 2.30. The number of nitrogens with one attached hydrogen (secondary N) is 2. The average Bonchev–Trinajstić information content (AvgIpc) is 2.81. The summed E-state index contributed by atoms with van der Waals surface area (Å²) < 4.78 is 11.1. The molecule has 0 atom stereocenters. The summed E-state index contributed by atoms with van der Waals surface area (Å²) in [5, 5.41) is 9.13. The van der Waals surface area contributed by atoms with Gasteiger partial charge in [0.25, 0.3) is 5.91 Å². The van der Waals surface area contributed by atoms with E-state index in [1.54, 1.807) is 30.6 Å². The summed E-state index contributed by atoms with van der Waals surface area (Å²) in [6, 6.07) is 5.16. The second kappa shape index (κ2) is 5.01. The lowest BCUT2D eigenvalue weighted by Gasteiger charge is -2.09. The van der Waals surface area contributed by atoms with Crippen LogP contribution in [0.1, 0.15) is 16.8 Å². The van der Waals surface area contributed by atoms with Crippen LogP contribution in [0.2, 0.25) is 0 Å². The maximum atomic E-state index is 12.0. The summed E-state index contributed by atoms with van der Waals surface area (Å²) in [6.45, 7) is 1.23. The fourth-order valence-electron chi connectivity index (χ4n) is 1.83. The molecular formula is C13H13N3O3. The molecule has 2 N–H and O–H groups in total. The van der Waals surface area contributed by atoms with Crippen molar-refractivity contribution in [2.45, 2.75) is 6.42 Å². The molecule has 3 rings (SSSR count). The summed E-state index contributed by atoms with van der Waals surface area (Å²) in [7, 11) is 0. The van der Waals surface area contributed by atoms with E-state index in [1.807, 2.05) is 0 Å². The minimum Gasteiger partial charge on any atom is -0.490 e. The van der Waals surface area contributed by atoms with E-state index >= 15 is 0 Å². The van der Waals surface area contributed by atoms with Crippen LogP contribution in [0.5, 0.6) is 11.5 Å². The van der Waals surface area contributed by atoms with Gasteiger partial charge in [0, 0.05) is 18.2 Å². The number of anilines is 1. The molecule has 0 spiro atoms. The Hall–Kier alpha value is -2.50. The van der Waals surface area contributed by atoms with Gasteiger partial charge in [-0.3, -0.25) is 9.89 Å². The summed E-state index contributed by atoms with van der Waals surface area (Å²) in [5.41, 5.74) is 1.14. The molecule has 0 aliphatic carbocycles. The number of hydrogen-bond donors (Lipinski definition) is 2. The fourth-order valence-corrected chi connectivity index (χ4v) is 1.83. The van der Waals surface area contributed by atoms with Crippen LogP contribution in [0.4, 0.5) is 5.69 Å². The molecular weight excluding hydrogens is 246 g/mol. The number of fused-ring (bicyclic) bond motifs is 1. The van der Waals surface area contributed by atoms with Gasteiger partial charge in [0.1, 0.15) is 0 Å². The highest BCUT2D eigenvalue weighted by atomic mass is 16.5. The Kier molecular flexibility index (Phi) is 3.06. The first-order valence-corrected chi connectivity index (χ1v) is 6.03. The number of benzene rings is 1. The third-order valence-electron chi connectivity index (χ3n) is 2.77. The normalized spacial score (nSPS) is 13.7. The van der Waals surface area contributed by atoms with Gasteiger partial charge in [-0.05, 0) is 18.2 Å². The van der Waals surface area contributed by atoms with Gasteiger partial charge in [-0.15, -0.1) is 0 Å². The zero-order chi connectivity index (χ0) is 13.1. The van der Waals surface area contributed by atoms with Crippen molar-refractivity contribution in [1.82, 2.24) is 10.2 Å². The molecule has 0 saturated carbocycles. The molecule has 19 heavy (non-hydrogen) atoms. The zero-order valence-electron chi connectivity index (χ0n) is 10.2. The lowest BCUT2D eigenvalue weighted by Crippen LogP contribution is -2.11. The first kappa shape index (κ1) is 11.6. The van der Waals surface area contributed by atoms with Crippen LogP contribution >= 0.6 is 0 Å². The first-order chi connectivity index (χ1) is 9.33. The van der Waals surface area contributed by atoms with Gasteiger partial charge in [0.2, 0.25) is 0 Å². The molecule has 6 nitrogen and oxygen atoms in total. The number of ether oxygens (including phenoxy) is 2. The zero-order valence-corrected chi connectivity index (χ0v) is 10.2. The smallest absolute Gasteiger partial charge is 0.255 e. The van der Waals surface area contributed by atoms with Gasteiger partial charge in [-0.2, -0.15) is 5.10 Å². The molecule has 0 saturated heterocycles. The Labute approximate surface area is 109 Å². The molecule has 1 aliphatic heterocycles. The molecule has 2 heterocycles. The summed E-state index contributed by atoms with van der Waals surface area (Å²) in [4.78, 5) is 12.0. The van der Waals surface area contributed by atoms with E-state index in [4.69, 9.17) is 9.47 Å². The molecule has 0 fully saturated rings. The van der Waals surface area contributed by atoms with Crippen LogP contribution in [0.15, 0.2) is 30.6 Å². The van der Waals surface area contributed by atoms with Crippen molar-refractivity contribution in [2.75, 3.05) is 18.5 Å². The monoisotopic (exact) mass is 259 g/mol. The predicted molar refractivity (Wildman–Crippen MR) is 68.6 cm³/mol. The third-order valence-corrected chi connectivity index (χ3v) is 2.77. The van der Waals surface area contributed by atoms with E-state index in [0.717, 1.165) is 6.42 Å². The van der Waals surface area contributed by atoms with Crippen molar-refractivity contribution < 1.29 is 14.3 Å². The van der Waals surface area contributed by atoms with Gasteiger partial charge in [-0.1, -0.05) is 0 Å². The molecule has 1 amide bonds. The lowest BCUT2D eigenvalue weighted by molar-refractivity contribution is 0.102. The van der Waals surface area contributed by atoms with E-state index in [0.29, 0.717) is 36.0 Å². The summed E-state index contributed by atoms with van der Waals surface area (Å²) >= 11 is 0. The van der Waals surface area contributed by atoms with Gasteiger partial charge in [0.15, 0.2) is 11.5 Å². The third kappa shape index (κ3) is 2.52. The fraction of sp³-hybridized carbons (Fsp3) is 0.231. The number of carbonyl (C=O) groups excluding carboxylic acids is 1. The van der Waals surface area contributed by atoms with Crippen molar-refractivity contribution in [3.05, 3.63) is 36.2 Å². The van der Waals surface area contributed by atoms with Crippen LogP contribution in [0, 0.1) is 0 Å². The minimum absolute atomic E-state index is 0.211. The molecule has 1 aromatic heterocycles. The van der Waals surface area contributed by atoms with Crippen LogP contribution in [0.3, 0.4) is 0 Å². The average molecular weight is 259 g/mol. The largest absolute Gasteiger partial charge is 0.490 e. The van der Waals surface area contributed by atoms with E-state index in [2.05, 4.69) is 15.5 Å². The topological polar surface area (TPSA) is 76.2 Å². The van der Waals surface area contributed by atoms with E-state index in [1.165, 1.54) is 0 Å². The van der Waals surface area contributed by atoms with Crippen LogP contribution in [-0.4, -0.2) is 29.3 Å². The van der Waals surface area contributed by atoms with Gasteiger partial charge < -0.3 is 14.8 Å². The molecule has 6 heteroatoms. The SMILES string of the molecule is O=C(Nc1cn[nH]c1)c1ccc2c(c1)OCCCO2. The quantitative estimate of drug-likeness (QED) is 0.862. The van der Waals surface area contributed by atoms with Crippen molar-refractivity contribution in [3.63, 3.8) is 0 Å². The van der Waals surface area contributed by atoms with Gasteiger partial charge in [0.05, 0.1) is 25.1 Å². The Morgan fingerprint density at radius 1 is 1.26 bits per heavy atom. The van der Waals surface area contributed by atoms with Gasteiger partial charge in [-0.25, -0.2) is 0 Å². The molecule has 2 aromatic rings. The summed E-state index contributed by atoms with van der Waals surface area (Å²) in [5.74, 6) is 1.08. The molecule has 98 valence electrons. The Bertz CT molecular complexity index is 581. The Morgan fingerprint density at radius 3 is 2.89 bits per heavy atom. The Morgan fingerprint density at radius 2 is 2.11 bits per heavy atom. The first-order valence-electron chi connectivity index (χ1n) is 6.03. The summed E-state index contributed by atoms with van der Waals surface area (Å²) in [6.07, 6.45) is 3.99. The van der Waals surface area contributed by atoms with E-state index in [-0.39, 0.29) is 5.91 Å². The number of aromatic nitrogens is 2. The highest BCUT2D eigenvalue weighted by molar-refractivity contribution is 6.04. The van der Waals surface area contributed by atoms with Crippen molar-refractivity contribution in [1.29, 1.82) is 0 Å². The second-order valence-corrected chi connectivity index (χ2v) is 4.15. The molecule has 0 bridgehead atoms. The predicted octanol–water partition coefficient (Wildman–Crippen LogP) is 1.82. The number of nitrogens with zero attached hydrogens (tertiary/aromatic N) is 1. The van der Waals surface area contributed by atoms with Crippen LogP contribution in [-0.2, 0) is 0 Å². The van der Waals surface area contributed by atoms with Crippen LogP contribution in [0.25, 0.3) is 0 Å².